The number of carboxylic acid groups (broad SMARTS) is 1. The average Bonchev–Trinajstić information content (AvgIpc) is 1.19. The number of rotatable bonds is 0. The number of carbonyl (C=O) groups is 1. The van der Waals surface area contributed by atoms with Crippen LogP contribution >= 0.6 is 12.4 Å². The quantitative estimate of drug-likeness (QED) is 0.283. The van der Waals surface area contributed by atoms with Crippen molar-refractivity contribution in [3.05, 3.63) is 0 Å². The molecule has 0 saturated carbocycles. The fourth-order valence-corrected chi connectivity index (χ4v) is 0. The van der Waals surface area contributed by atoms with Gasteiger partial charge in [0.25, 0.3) is 5.97 Å². The summed E-state index contributed by atoms with van der Waals surface area (Å²) in [6.07, 6.45) is 0. The van der Waals surface area contributed by atoms with Crippen molar-refractivity contribution in [2.45, 2.75) is 6.92 Å². The van der Waals surface area contributed by atoms with E-state index in [9.17, 15) is 0 Å². The second-order valence-electron chi connectivity index (χ2n) is 0.967. The van der Waals surface area contributed by atoms with Crippen molar-refractivity contribution >= 4 is 58.3 Å². The van der Waals surface area contributed by atoms with Crippen LogP contribution < -0.4 is 12.3 Å². The summed E-state index contributed by atoms with van der Waals surface area (Å²) in [5.41, 5.74) is 0. The van der Waals surface area contributed by atoms with Crippen LogP contribution in [0, 0.1) is 0 Å². The Kier molecular flexibility index (Phi) is 52.9. The summed E-state index contributed by atoms with van der Waals surface area (Å²) in [5.74, 6) is -0.833. The zero-order chi connectivity index (χ0) is 8.08. The number of hydrogen-bond donors (Lipinski definition) is 5. The third-order valence-corrected chi connectivity index (χ3v) is 0. The zero-order valence-electron chi connectivity index (χ0n) is 6.30. The summed E-state index contributed by atoms with van der Waals surface area (Å²) in [4.78, 5) is 9.00. The van der Waals surface area contributed by atoms with Crippen LogP contribution in [-0.4, -0.2) is 58.2 Å². The Morgan fingerprint density at radius 3 is 1.15 bits per heavy atom. The molecule has 0 saturated heterocycles. The first-order valence-corrected chi connectivity index (χ1v) is 3.02. The molecule has 8 nitrogen and oxygen atoms in total. The van der Waals surface area contributed by atoms with Crippen molar-refractivity contribution < 1.29 is 27.4 Å². The second kappa shape index (κ2) is 18.4. The van der Waals surface area contributed by atoms with E-state index in [2.05, 4.69) is 0 Å². The van der Waals surface area contributed by atoms with E-state index in [1.54, 1.807) is 0 Å². The standard InChI is InChI=1S/C2H4O2.ClH.2H3N.Na.H2O4S.H/c1-2(3)4;;;;;1-5(2,3)4;/h1H3,(H,3,4);1H;2*1H3;;(H2,1,2,3,4);. The third-order valence-electron chi connectivity index (χ3n) is 0. The van der Waals surface area contributed by atoms with Crippen molar-refractivity contribution in [3.8, 4) is 0 Å². The first-order chi connectivity index (χ1) is 3.73. The molecule has 0 aromatic rings. The van der Waals surface area contributed by atoms with E-state index < -0.39 is 16.4 Å². The monoisotopic (exact) mass is 252 g/mol. The maximum atomic E-state index is 9.00. The van der Waals surface area contributed by atoms with Crippen LogP contribution in [0.3, 0.4) is 0 Å². The molecule has 0 spiro atoms. The number of aliphatic carboxylic acids is 1. The molecule has 0 fully saturated rings. The molecule has 9 N–H and O–H groups in total. The minimum absolute atomic E-state index is 0. The fraction of sp³-hybridized carbons (Fsp3) is 0.500. The van der Waals surface area contributed by atoms with E-state index in [1.807, 2.05) is 0 Å². The molecule has 11 heteroatoms. The van der Waals surface area contributed by atoms with Crippen LogP contribution in [0.2, 0.25) is 0 Å². The molecule has 0 heterocycles. The summed E-state index contributed by atoms with van der Waals surface area (Å²) in [5, 5.41) is 7.42. The van der Waals surface area contributed by atoms with Gasteiger partial charge in [-0.05, 0) is 0 Å². The van der Waals surface area contributed by atoms with Gasteiger partial charge in [0.1, 0.15) is 0 Å². The van der Waals surface area contributed by atoms with E-state index in [0.29, 0.717) is 0 Å². The molecular formula is C2H14ClN2NaO6S. The van der Waals surface area contributed by atoms with E-state index in [4.69, 9.17) is 27.4 Å². The average molecular weight is 253 g/mol. The van der Waals surface area contributed by atoms with Crippen LogP contribution in [0.25, 0.3) is 0 Å². The minimum atomic E-state index is -4.67. The number of halogens is 1. The van der Waals surface area contributed by atoms with Gasteiger partial charge in [-0.1, -0.05) is 0 Å². The van der Waals surface area contributed by atoms with Gasteiger partial charge in [0.05, 0.1) is 0 Å². The topological polar surface area (TPSA) is 182 Å². The van der Waals surface area contributed by atoms with Gasteiger partial charge in [0.15, 0.2) is 0 Å². The van der Waals surface area contributed by atoms with Crippen LogP contribution in [0.15, 0.2) is 0 Å². The van der Waals surface area contributed by atoms with Crippen molar-refractivity contribution in [1.29, 1.82) is 0 Å². The Hall–Kier alpha value is 0.550. The molecule has 0 aromatic heterocycles. The van der Waals surface area contributed by atoms with Crippen molar-refractivity contribution in [1.82, 2.24) is 12.3 Å². The van der Waals surface area contributed by atoms with Gasteiger partial charge < -0.3 is 17.4 Å². The molecule has 0 aromatic carbocycles. The Balaban J connectivity index is -0.0000000146. The first kappa shape index (κ1) is 37.4. The summed E-state index contributed by atoms with van der Waals surface area (Å²) in [6.45, 7) is 1.08. The maximum absolute atomic E-state index is 9.00. The molecule has 0 aliphatic carbocycles. The van der Waals surface area contributed by atoms with Gasteiger partial charge >= 0.3 is 40.0 Å². The number of carboxylic acids is 1. The molecule has 0 aliphatic heterocycles. The molecule has 82 valence electrons. The Labute approximate surface area is 105 Å². The van der Waals surface area contributed by atoms with Crippen LogP contribution in [0.1, 0.15) is 6.92 Å². The Morgan fingerprint density at radius 1 is 1.15 bits per heavy atom. The van der Waals surface area contributed by atoms with Crippen LogP contribution in [0.4, 0.5) is 0 Å². The van der Waals surface area contributed by atoms with E-state index in [0.717, 1.165) is 6.92 Å². The summed E-state index contributed by atoms with van der Waals surface area (Å²) < 4.78 is 31.6. The molecule has 0 aliphatic rings. The van der Waals surface area contributed by atoms with Gasteiger partial charge in [-0.2, -0.15) is 8.42 Å². The summed E-state index contributed by atoms with van der Waals surface area (Å²) in [6, 6.07) is 0. The number of hydrogen-bond acceptors (Lipinski definition) is 5. The van der Waals surface area contributed by atoms with Gasteiger partial charge in [0.2, 0.25) is 0 Å². The van der Waals surface area contributed by atoms with E-state index in [-0.39, 0.29) is 54.3 Å². The molecular weight excluding hydrogens is 239 g/mol. The van der Waals surface area contributed by atoms with Gasteiger partial charge in [0, 0.05) is 6.92 Å². The first-order valence-electron chi connectivity index (χ1n) is 1.63. The zero-order valence-corrected chi connectivity index (χ0v) is 7.93. The predicted molar refractivity (Wildman–Crippen MR) is 51.9 cm³/mol. The van der Waals surface area contributed by atoms with E-state index in [1.165, 1.54) is 0 Å². The predicted octanol–water partition coefficient (Wildman–Crippen LogP) is -0.465. The van der Waals surface area contributed by atoms with Gasteiger partial charge in [-0.25, -0.2) is 0 Å². The molecule has 0 unspecified atom stereocenters. The van der Waals surface area contributed by atoms with Gasteiger partial charge in [-0.15, -0.1) is 12.4 Å². The summed E-state index contributed by atoms with van der Waals surface area (Å²) in [7, 11) is -4.67. The summed E-state index contributed by atoms with van der Waals surface area (Å²) >= 11 is 0. The van der Waals surface area contributed by atoms with Crippen molar-refractivity contribution in [3.63, 3.8) is 0 Å². The van der Waals surface area contributed by atoms with Gasteiger partial charge in [-0.3, -0.25) is 13.9 Å². The Bertz CT molecular complexity index is 171. The molecule has 0 atom stereocenters. The molecule has 0 amide bonds. The normalized spacial score (nSPS) is 6.38. The molecule has 0 rings (SSSR count). The molecule has 0 radical (unpaired) electrons. The molecule has 13 heavy (non-hydrogen) atoms. The van der Waals surface area contributed by atoms with Crippen molar-refractivity contribution in [2.24, 2.45) is 0 Å². The van der Waals surface area contributed by atoms with Crippen LogP contribution in [-0.2, 0) is 15.2 Å². The Morgan fingerprint density at radius 2 is 1.15 bits per heavy atom. The van der Waals surface area contributed by atoms with Crippen LogP contribution in [0.5, 0.6) is 0 Å². The molecule has 0 bridgehead atoms. The second-order valence-corrected chi connectivity index (χ2v) is 1.86. The van der Waals surface area contributed by atoms with E-state index >= 15 is 0 Å². The van der Waals surface area contributed by atoms with Crippen molar-refractivity contribution in [2.75, 3.05) is 0 Å². The SMILES string of the molecule is CC(=O)O.Cl.N.N.O=S(=O)(O)O.[NaH]. The third kappa shape index (κ3) is 4620. The fourth-order valence-electron chi connectivity index (χ4n) is 0.